The molecule has 1 saturated heterocycles. The zero-order valence-corrected chi connectivity index (χ0v) is 19.4. The minimum Gasteiger partial charge on any atom is -0.357 e. The molecule has 1 heterocycles. The van der Waals surface area contributed by atoms with Crippen LogP contribution in [0.2, 0.25) is 0 Å². The van der Waals surface area contributed by atoms with Gasteiger partial charge in [0, 0.05) is 30.9 Å². The lowest BCUT2D eigenvalue weighted by atomic mass is 10.2. The van der Waals surface area contributed by atoms with Gasteiger partial charge in [0.25, 0.3) is 0 Å². The Morgan fingerprint density at radius 3 is 2.43 bits per heavy atom. The lowest BCUT2D eigenvalue weighted by Gasteiger charge is -2.16. The molecule has 7 nitrogen and oxygen atoms in total. The van der Waals surface area contributed by atoms with Crippen LogP contribution >= 0.6 is 24.0 Å². The van der Waals surface area contributed by atoms with Crippen molar-refractivity contribution in [2.24, 2.45) is 4.99 Å². The topological polar surface area (TPSA) is 85.8 Å². The molecule has 2 aromatic rings. The summed E-state index contributed by atoms with van der Waals surface area (Å²) in [6.45, 7) is 4.06. The van der Waals surface area contributed by atoms with Gasteiger partial charge in [0.1, 0.15) is 0 Å². The number of hydrogen-bond donors (Lipinski definition) is 3. The van der Waals surface area contributed by atoms with Crippen LogP contribution in [0.3, 0.4) is 0 Å². The van der Waals surface area contributed by atoms with Gasteiger partial charge in [0.05, 0.1) is 13.1 Å². The summed E-state index contributed by atoms with van der Waals surface area (Å²) >= 11 is 0. The highest BCUT2D eigenvalue weighted by Gasteiger charge is 2.21. The lowest BCUT2D eigenvalue weighted by molar-refractivity contribution is -0.117. The third-order valence-electron chi connectivity index (χ3n) is 4.56. The van der Waals surface area contributed by atoms with Crippen molar-refractivity contribution in [2.75, 3.05) is 29.9 Å². The first-order valence-corrected chi connectivity index (χ1v) is 9.92. The third kappa shape index (κ3) is 7.01. The number of amides is 2. The van der Waals surface area contributed by atoms with Gasteiger partial charge in [-0.3, -0.25) is 9.59 Å². The summed E-state index contributed by atoms with van der Waals surface area (Å²) in [6.07, 6.45) is 1.54. The number of halogens is 1. The number of nitrogens with zero attached hydrogens (tertiary/aromatic N) is 2. The van der Waals surface area contributed by atoms with E-state index in [0.29, 0.717) is 25.5 Å². The summed E-state index contributed by atoms with van der Waals surface area (Å²) in [7, 11) is 0. The van der Waals surface area contributed by atoms with E-state index in [1.54, 1.807) is 0 Å². The van der Waals surface area contributed by atoms with E-state index in [0.717, 1.165) is 29.9 Å². The van der Waals surface area contributed by atoms with Gasteiger partial charge >= 0.3 is 0 Å². The molecule has 3 rings (SSSR count). The van der Waals surface area contributed by atoms with Gasteiger partial charge in [0.2, 0.25) is 11.8 Å². The number of rotatable bonds is 7. The Morgan fingerprint density at radius 2 is 1.80 bits per heavy atom. The van der Waals surface area contributed by atoms with E-state index in [1.165, 1.54) is 0 Å². The van der Waals surface area contributed by atoms with Gasteiger partial charge in [-0.15, -0.1) is 24.0 Å². The number of carbonyl (C=O) groups excluding carboxylic acids is 2. The fraction of sp³-hybridized carbons (Fsp3) is 0.318. The molecule has 0 saturated carbocycles. The molecule has 8 heteroatoms. The number of nitrogens with one attached hydrogen (secondary N) is 3. The van der Waals surface area contributed by atoms with Crippen LogP contribution < -0.4 is 20.9 Å². The summed E-state index contributed by atoms with van der Waals surface area (Å²) in [6, 6.07) is 17.2. The number of para-hydroxylation sites is 1. The van der Waals surface area contributed by atoms with E-state index in [4.69, 9.17) is 0 Å². The summed E-state index contributed by atoms with van der Waals surface area (Å²) in [4.78, 5) is 30.3. The maximum absolute atomic E-state index is 12.1. The highest BCUT2D eigenvalue weighted by molar-refractivity contribution is 14.0. The Morgan fingerprint density at radius 1 is 1.07 bits per heavy atom. The molecule has 0 unspecified atom stereocenters. The van der Waals surface area contributed by atoms with E-state index in [-0.39, 0.29) is 42.3 Å². The second-order valence-electron chi connectivity index (χ2n) is 6.78. The molecule has 0 spiro atoms. The Bertz CT molecular complexity index is 856. The number of aliphatic imine (C=N–C) groups is 1. The largest absolute Gasteiger partial charge is 0.357 e. The summed E-state index contributed by atoms with van der Waals surface area (Å²) in [5, 5.41) is 9.02. The van der Waals surface area contributed by atoms with Gasteiger partial charge < -0.3 is 20.9 Å². The Hall–Kier alpha value is -2.62. The molecule has 2 amide bonds. The number of anilines is 2. The van der Waals surface area contributed by atoms with Crippen LogP contribution in [-0.2, 0) is 16.1 Å². The first kappa shape index (κ1) is 23.7. The summed E-state index contributed by atoms with van der Waals surface area (Å²) < 4.78 is 0. The monoisotopic (exact) mass is 521 g/mol. The fourth-order valence-electron chi connectivity index (χ4n) is 3.11. The molecule has 2 aromatic carbocycles. The summed E-state index contributed by atoms with van der Waals surface area (Å²) in [5.74, 6) is 0.624. The Labute approximate surface area is 194 Å². The average molecular weight is 521 g/mol. The molecule has 1 aliphatic heterocycles. The highest BCUT2D eigenvalue weighted by Crippen LogP contribution is 2.21. The standard InChI is InChI=1S/C22H27N5O2.HI/c1-2-23-22(25-16-20(28)26-18-7-4-3-5-8-18)24-15-17-10-12-19(13-11-17)27-14-6-9-21(27)29;/h3-5,7-8,10-13H,2,6,9,14-16H2,1H3,(H,26,28)(H2,23,24,25);1H. The van der Waals surface area contributed by atoms with Crippen molar-refractivity contribution in [3.05, 3.63) is 60.2 Å². The van der Waals surface area contributed by atoms with Crippen molar-refractivity contribution in [1.29, 1.82) is 0 Å². The van der Waals surface area contributed by atoms with Gasteiger partial charge in [-0.05, 0) is 43.2 Å². The van der Waals surface area contributed by atoms with E-state index in [2.05, 4.69) is 20.9 Å². The SMILES string of the molecule is CCNC(=NCc1ccc(N2CCCC2=O)cc1)NCC(=O)Nc1ccccc1.I. The summed E-state index contributed by atoms with van der Waals surface area (Å²) in [5.41, 5.74) is 2.73. The average Bonchev–Trinajstić information content (AvgIpc) is 3.17. The minimum atomic E-state index is -0.138. The molecule has 0 aliphatic carbocycles. The van der Waals surface area contributed by atoms with Crippen molar-refractivity contribution in [3.63, 3.8) is 0 Å². The van der Waals surface area contributed by atoms with Crippen LogP contribution in [0.4, 0.5) is 11.4 Å². The second-order valence-corrected chi connectivity index (χ2v) is 6.78. The molecule has 0 bridgehead atoms. The van der Waals surface area contributed by atoms with Crippen molar-refractivity contribution in [3.8, 4) is 0 Å². The number of hydrogen-bond acceptors (Lipinski definition) is 3. The van der Waals surface area contributed by atoms with Crippen molar-refractivity contribution in [2.45, 2.75) is 26.3 Å². The van der Waals surface area contributed by atoms with E-state index >= 15 is 0 Å². The number of carbonyl (C=O) groups is 2. The van der Waals surface area contributed by atoms with Crippen LogP contribution in [0.25, 0.3) is 0 Å². The van der Waals surface area contributed by atoms with Gasteiger partial charge in [-0.25, -0.2) is 4.99 Å². The zero-order chi connectivity index (χ0) is 20.5. The minimum absolute atomic E-state index is 0. The maximum atomic E-state index is 12.1. The molecule has 1 aliphatic rings. The van der Waals surface area contributed by atoms with E-state index < -0.39 is 0 Å². The third-order valence-corrected chi connectivity index (χ3v) is 4.56. The molecule has 160 valence electrons. The van der Waals surface area contributed by atoms with Gasteiger partial charge in [-0.2, -0.15) is 0 Å². The Kier molecular flexibility index (Phi) is 9.59. The smallest absolute Gasteiger partial charge is 0.243 e. The first-order valence-electron chi connectivity index (χ1n) is 9.92. The second kappa shape index (κ2) is 12.2. The van der Waals surface area contributed by atoms with Crippen LogP contribution in [0, 0.1) is 0 Å². The normalized spacial score (nSPS) is 13.6. The van der Waals surface area contributed by atoms with Gasteiger partial charge in [0.15, 0.2) is 5.96 Å². The van der Waals surface area contributed by atoms with Crippen LogP contribution in [0.15, 0.2) is 59.6 Å². The van der Waals surface area contributed by atoms with E-state index in [9.17, 15) is 9.59 Å². The molecule has 0 aromatic heterocycles. The first-order chi connectivity index (χ1) is 14.2. The van der Waals surface area contributed by atoms with E-state index in [1.807, 2.05) is 66.4 Å². The highest BCUT2D eigenvalue weighted by atomic mass is 127. The van der Waals surface area contributed by atoms with Crippen molar-refractivity contribution >= 4 is 53.1 Å². The van der Waals surface area contributed by atoms with Crippen molar-refractivity contribution < 1.29 is 9.59 Å². The zero-order valence-electron chi connectivity index (χ0n) is 17.1. The quantitative estimate of drug-likeness (QED) is 0.297. The number of guanidine groups is 1. The van der Waals surface area contributed by atoms with Crippen LogP contribution in [0.1, 0.15) is 25.3 Å². The molecule has 0 radical (unpaired) electrons. The molecule has 3 N–H and O–H groups in total. The lowest BCUT2D eigenvalue weighted by Crippen LogP contribution is -2.41. The maximum Gasteiger partial charge on any atom is 0.243 e. The van der Waals surface area contributed by atoms with Crippen molar-refractivity contribution in [1.82, 2.24) is 10.6 Å². The number of benzene rings is 2. The van der Waals surface area contributed by atoms with Crippen LogP contribution in [0.5, 0.6) is 0 Å². The predicted octanol–water partition coefficient (Wildman–Crippen LogP) is 3.13. The van der Waals surface area contributed by atoms with Gasteiger partial charge in [-0.1, -0.05) is 30.3 Å². The molecule has 30 heavy (non-hydrogen) atoms. The van der Waals surface area contributed by atoms with Crippen LogP contribution in [-0.4, -0.2) is 37.4 Å². The molecular formula is C22H28IN5O2. The Balaban J connectivity index is 0.00000320. The fourth-order valence-corrected chi connectivity index (χ4v) is 3.11. The molecule has 0 atom stereocenters. The molecular weight excluding hydrogens is 493 g/mol. The molecule has 1 fully saturated rings. The predicted molar refractivity (Wildman–Crippen MR) is 131 cm³/mol.